The van der Waals surface area contributed by atoms with E-state index in [2.05, 4.69) is 57.7 Å². The molecule has 0 spiro atoms. The highest BCUT2D eigenvalue weighted by Crippen LogP contribution is 2.26. The molecule has 6 nitrogen and oxygen atoms in total. The highest BCUT2D eigenvalue weighted by Gasteiger charge is 2.23. The van der Waals surface area contributed by atoms with Crippen LogP contribution in [0.4, 0.5) is 5.69 Å². The van der Waals surface area contributed by atoms with Gasteiger partial charge in [0.1, 0.15) is 0 Å². The monoisotopic (exact) mass is 462 g/mol. The number of nitrogens with zero attached hydrogens (tertiary/aromatic N) is 2. The van der Waals surface area contributed by atoms with E-state index < -0.39 is 0 Å². The molecule has 33 heavy (non-hydrogen) atoms. The standard InChI is InChI=1S/C26H30N4O2S/c1-20-9-11-21(12-10-20)26(23-8-5-17-33-23)28-25(32)19-30-15-13-29(14-16-30)18-24(31)27-22-6-3-2-4-7-22/h2-12,17,26H,13-16,18-19H2,1H3,(H,27,31)(H,28,32). The lowest BCUT2D eigenvalue weighted by atomic mass is 10.0. The van der Waals surface area contributed by atoms with Crippen LogP contribution in [0.2, 0.25) is 0 Å². The zero-order valence-corrected chi connectivity index (χ0v) is 19.7. The molecule has 0 saturated carbocycles. The summed E-state index contributed by atoms with van der Waals surface area (Å²) in [6.45, 7) is 5.85. The fourth-order valence-electron chi connectivity index (χ4n) is 3.97. The summed E-state index contributed by atoms with van der Waals surface area (Å²) in [6.07, 6.45) is 0. The summed E-state index contributed by atoms with van der Waals surface area (Å²) >= 11 is 1.65. The van der Waals surface area contributed by atoms with Gasteiger partial charge in [-0.3, -0.25) is 19.4 Å². The Balaban J connectivity index is 1.26. The maximum atomic E-state index is 12.9. The number of carbonyl (C=O) groups is 2. The van der Waals surface area contributed by atoms with Crippen molar-refractivity contribution in [2.75, 3.05) is 44.6 Å². The molecule has 2 amide bonds. The molecule has 1 unspecified atom stereocenters. The minimum atomic E-state index is -0.138. The van der Waals surface area contributed by atoms with Gasteiger partial charge in [0.15, 0.2) is 0 Å². The summed E-state index contributed by atoms with van der Waals surface area (Å²) in [6, 6.07) is 21.8. The van der Waals surface area contributed by atoms with E-state index in [1.54, 1.807) is 11.3 Å². The van der Waals surface area contributed by atoms with E-state index in [1.807, 2.05) is 41.8 Å². The van der Waals surface area contributed by atoms with Crippen molar-refractivity contribution < 1.29 is 9.59 Å². The van der Waals surface area contributed by atoms with E-state index in [9.17, 15) is 9.59 Å². The lowest BCUT2D eigenvalue weighted by molar-refractivity contribution is -0.124. The van der Waals surface area contributed by atoms with Gasteiger partial charge in [-0.1, -0.05) is 54.1 Å². The molecule has 4 rings (SSSR count). The van der Waals surface area contributed by atoms with Gasteiger partial charge < -0.3 is 10.6 Å². The molecule has 0 bridgehead atoms. The molecule has 1 aliphatic rings. The van der Waals surface area contributed by atoms with Gasteiger partial charge in [0.2, 0.25) is 11.8 Å². The van der Waals surface area contributed by atoms with Gasteiger partial charge in [-0.05, 0) is 36.1 Å². The van der Waals surface area contributed by atoms with Crippen molar-refractivity contribution in [2.24, 2.45) is 0 Å². The number of rotatable bonds is 8. The number of hydrogen-bond donors (Lipinski definition) is 2. The summed E-state index contributed by atoms with van der Waals surface area (Å²) < 4.78 is 0. The fourth-order valence-corrected chi connectivity index (χ4v) is 4.78. The van der Waals surface area contributed by atoms with E-state index in [1.165, 1.54) is 5.56 Å². The van der Waals surface area contributed by atoms with Crippen molar-refractivity contribution in [3.05, 3.63) is 88.1 Å². The quantitative estimate of drug-likeness (QED) is 0.538. The second-order valence-corrected chi connectivity index (χ2v) is 9.37. The molecule has 172 valence electrons. The third-order valence-corrected chi connectivity index (χ3v) is 6.74. The van der Waals surface area contributed by atoms with Crippen LogP contribution in [0, 0.1) is 6.92 Å². The lowest BCUT2D eigenvalue weighted by Crippen LogP contribution is -2.51. The van der Waals surface area contributed by atoms with Crippen LogP contribution in [0.1, 0.15) is 22.0 Å². The number of carbonyl (C=O) groups excluding carboxylic acids is 2. The molecule has 2 aromatic carbocycles. The molecular weight excluding hydrogens is 432 g/mol. The van der Waals surface area contributed by atoms with Crippen molar-refractivity contribution in [2.45, 2.75) is 13.0 Å². The largest absolute Gasteiger partial charge is 0.343 e. The molecule has 1 aliphatic heterocycles. The number of benzene rings is 2. The first kappa shape index (κ1) is 23.2. The minimum Gasteiger partial charge on any atom is -0.343 e. The molecule has 1 saturated heterocycles. The maximum Gasteiger partial charge on any atom is 0.238 e. The number of nitrogens with one attached hydrogen (secondary N) is 2. The van der Waals surface area contributed by atoms with Crippen molar-refractivity contribution in [1.82, 2.24) is 15.1 Å². The highest BCUT2D eigenvalue weighted by molar-refractivity contribution is 7.10. The Bertz CT molecular complexity index is 1030. The molecule has 2 heterocycles. The van der Waals surface area contributed by atoms with Gasteiger partial charge in [-0.25, -0.2) is 0 Å². The average molecular weight is 463 g/mol. The van der Waals surface area contributed by atoms with Crippen LogP contribution in [-0.4, -0.2) is 60.9 Å². The maximum absolute atomic E-state index is 12.9. The number of thiophene rings is 1. The van der Waals surface area contributed by atoms with Gasteiger partial charge in [-0.2, -0.15) is 0 Å². The van der Waals surface area contributed by atoms with Crippen LogP contribution in [-0.2, 0) is 9.59 Å². The number of aryl methyl sites for hydroxylation is 1. The van der Waals surface area contributed by atoms with Gasteiger partial charge in [-0.15, -0.1) is 11.3 Å². The van der Waals surface area contributed by atoms with E-state index in [-0.39, 0.29) is 17.9 Å². The normalized spacial score (nSPS) is 15.7. The number of amides is 2. The van der Waals surface area contributed by atoms with Crippen LogP contribution >= 0.6 is 11.3 Å². The predicted molar refractivity (Wildman–Crippen MR) is 133 cm³/mol. The summed E-state index contributed by atoms with van der Waals surface area (Å²) in [5, 5.41) is 8.19. The Hall–Kier alpha value is -3.00. The molecule has 0 radical (unpaired) electrons. The van der Waals surface area contributed by atoms with E-state index in [4.69, 9.17) is 0 Å². The Morgan fingerprint density at radius 1 is 0.848 bits per heavy atom. The second-order valence-electron chi connectivity index (χ2n) is 8.39. The zero-order valence-electron chi connectivity index (χ0n) is 18.9. The van der Waals surface area contributed by atoms with Crippen LogP contribution < -0.4 is 10.6 Å². The van der Waals surface area contributed by atoms with Crippen molar-refractivity contribution in [1.29, 1.82) is 0 Å². The molecule has 2 N–H and O–H groups in total. The van der Waals surface area contributed by atoms with Crippen LogP contribution in [0.5, 0.6) is 0 Å². The van der Waals surface area contributed by atoms with Crippen molar-refractivity contribution in [3.8, 4) is 0 Å². The zero-order chi connectivity index (χ0) is 23.0. The van der Waals surface area contributed by atoms with Crippen LogP contribution in [0.3, 0.4) is 0 Å². The summed E-state index contributed by atoms with van der Waals surface area (Å²) in [7, 11) is 0. The van der Waals surface area contributed by atoms with Crippen LogP contribution in [0.15, 0.2) is 72.1 Å². The van der Waals surface area contributed by atoms with E-state index in [0.717, 1.165) is 42.3 Å². The molecule has 3 aromatic rings. The first-order valence-electron chi connectivity index (χ1n) is 11.3. The summed E-state index contributed by atoms with van der Waals surface area (Å²) in [4.78, 5) is 30.6. The highest BCUT2D eigenvalue weighted by atomic mass is 32.1. The topological polar surface area (TPSA) is 64.7 Å². The Morgan fingerprint density at radius 2 is 1.48 bits per heavy atom. The average Bonchev–Trinajstić information content (AvgIpc) is 3.35. The second kappa shape index (κ2) is 11.2. The fraction of sp³-hybridized carbons (Fsp3) is 0.308. The predicted octanol–water partition coefficient (Wildman–Crippen LogP) is 3.52. The molecule has 7 heteroatoms. The first-order chi connectivity index (χ1) is 16.1. The first-order valence-corrected chi connectivity index (χ1v) is 12.1. The molecule has 1 aromatic heterocycles. The third-order valence-electron chi connectivity index (χ3n) is 5.80. The molecule has 1 atom stereocenters. The Morgan fingerprint density at radius 3 is 2.09 bits per heavy atom. The smallest absolute Gasteiger partial charge is 0.238 e. The molecule has 0 aliphatic carbocycles. The van der Waals surface area contributed by atoms with Gasteiger partial charge in [0.05, 0.1) is 19.1 Å². The van der Waals surface area contributed by atoms with Crippen LogP contribution in [0.25, 0.3) is 0 Å². The Labute approximate surface area is 199 Å². The lowest BCUT2D eigenvalue weighted by Gasteiger charge is -2.34. The van der Waals surface area contributed by atoms with Gasteiger partial charge in [0.25, 0.3) is 0 Å². The third kappa shape index (κ3) is 6.74. The molecular formula is C26H30N4O2S. The van der Waals surface area contributed by atoms with E-state index >= 15 is 0 Å². The summed E-state index contributed by atoms with van der Waals surface area (Å²) in [5.74, 6) is 0.00789. The summed E-state index contributed by atoms with van der Waals surface area (Å²) in [5.41, 5.74) is 3.10. The number of hydrogen-bond acceptors (Lipinski definition) is 5. The minimum absolute atomic E-state index is 0.00993. The van der Waals surface area contributed by atoms with Crippen molar-refractivity contribution in [3.63, 3.8) is 0 Å². The van der Waals surface area contributed by atoms with Gasteiger partial charge >= 0.3 is 0 Å². The van der Waals surface area contributed by atoms with E-state index in [0.29, 0.717) is 13.1 Å². The number of para-hydroxylation sites is 1. The number of anilines is 1. The Kier molecular flexibility index (Phi) is 7.88. The molecule has 1 fully saturated rings. The SMILES string of the molecule is Cc1ccc(C(NC(=O)CN2CCN(CC(=O)Nc3ccccc3)CC2)c2cccs2)cc1. The van der Waals surface area contributed by atoms with Crippen molar-refractivity contribution >= 4 is 28.8 Å². The number of piperazine rings is 1. The van der Waals surface area contributed by atoms with Gasteiger partial charge in [0, 0.05) is 36.7 Å².